The maximum Gasteiger partial charge on any atom is 0.340 e. The van der Waals surface area contributed by atoms with Crippen LogP contribution in [0.15, 0.2) is 21.8 Å². The van der Waals surface area contributed by atoms with E-state index in [9.17, 15) is 29.0 Å². The van der Waals surface area contributed by atoms with Gasteiger partial charge in [0.2, 0.25) is 5.91 Å². The molecule has 3 atom stereocenters. The molecule has 0 saturated carbocycles. The van der Waals surface area contributed by atoms with Crippen molar-refractivity contribution in [2.75, 3.05) is 5.75 Å². The number of halogens is 1. The molecule has 3 N–H and O–H groups in total. The third kappa shape index (κ3) is 3.08. The van der Waals surface area contributed by atoms with Gasteiger partial charge in [0.05, 0.1) is 35.1 Å². The standard InChI is InChI=1S/C24H20FN3O6S/c1-8-13(25)4-14-18-17(15(7-35-21(8)18)27-22(31)9(2)29)11-5-28-16(19(11)26-14)3-10-12(23(28)32)6-34-24(33)20(10)30/h3-4,9,15,20,29-30H,5-7H2,1-2H3,(H,27,31). The number of thioether (sulfide) groups is 1. The van der Waals surface area contributed by atoms with Crippen molar-refractivity contribution in [3.63, 3.8) is 0 Å². The minimum absolute atomic E-state index is 0.153. The van der Waals surface area contributed by atoms with E-state index in [1.54, 1.807) is 13.0 Å². The number of esters is 1. The van der Waals surface area contributed by atoms with Gasteiger partial charge in [-0.1, -0.05) is 0 Å². The third-order valence-electron chi connectivity index (χ3n) is 6.87. The van der Waals surface area contributed by atoms with E-state index in [2.05, 4.69) is 5.32 Å². The minimum Gasteiger partial charge on any atom is -0.458 e. The van der Waals surface area contributed by atoms with Crippen LogP contribution in [0, 0.1) is 12.7 Å². The summed E-state index contributed by atoms with van der Waals surface area (Å²) in [6.45, 7) is 2.98. The zero-order valence-corrected chi connectivity index (χ0v) is 19.5. The number of nitrogens with one attached hydrogen (secondary N) is 1. The molecule has 3 unspecified atom stereocenters. The molecule has 1 aromatic carbocycles. The van der Waals surface area contributed by atoms with Gasteiger partial charge in [0.15, 0.2) is 6.10 Å². The van der Waals surface area contributed by atoms with Gasteiger partial charge in [0.25, 0.3) is 5.56 Å². The molecule has 3 aliphatic rings. The first kappa shape index (κ1) is 22.2. The fourth-order valence-electron chi connectivity index (χ4n) is 5.08. The van der Waals surface area contributed by atoms with Crippen LogP contribution in [0.1, 0.15) is 46.9 Å². The zero-order chi connectivity index (χ0) is 24.8. The van der Waals surface area contributed by atoms with Crippen molar-refractivity contribution in [1.82, 2.24) is 14.9 Å². The number of carbonyl (C=O) groups is 2. The average Bonchev–Trinajstić information content (AvgIpc) is 3.19. The van der Waals surface area contributed by atoms with E-state index in [4.69, 9.17) is 9.72 Å². The van der Waals surface area contributed by atoms with Crippen LogP contribution in [-0.2, 0) is 27.5 Å². The smallest absolute Gasteiger partial charge is 0.340 e. The van der Waals surface area contributed by atoms with Crippen LogP contribution in [0.25, 0.3) is 22.3 Å². The van der Waals surface area contributed by atoms with Crippen molar-refractivity contribution in [3.8, 4) is 11.4 Å². The molecule has 0 spiro atoms. The first-order chi connectivity index (χ1) is 16.7. The lowest BCUT2D eigenvalue weighted by molar-refractivity contribution is -0.157. The van der Waals surface area contributed by atoms with Crippen molar-refractivity contribution in [3.05, 3.63) is 56.1 Å². The van der Waals surface area contributed by atoms with E-state index >= 15 is 0 Å². The number of hydrogen-bond acceptors (Lipinski definition) is 8. The van der Waals surface area contributed by atoms with Crippen LogP contribution in [0.3, 0.4) is 0 Å². The Bertz CT molecular complexity index is 1550. The Morgan fingerprint density at radius 1 is 1.34 bits per heavy atom. The molecule has 2 aromatic heterocycles. The van der Waals surface area contributed by atoms with Gasteiger partial charge < -0.3 is 24.8 Å². The number of benzene rings is 1. The summed E-state index contributed by atoms with van der Waals surface area (Å²) in [5, 5.41) is 23.7. The molecular formula is C24H20FN3O6S. The van der Waals surface area contributed by atoms with Crippen molar-refractivity contribution in [1.29, 1.82) is 0 Å². The zero-order valence-electron chi connectivity index (χ0n) is 18.7. The molecular weight excluding hydrogens is 477 g/mol. The van der Waals surface area contributed by atoms with Crippen LogP contribution in [-0.4, -0.2) is 43.5 Å². The number of pyridine rings is 2. The molecule has 11 heteroatoms. The van der Waals surface area contributed by atoms with Crippen molar-refractivity contribution in [2.45, 2.75) is 50.1 Å². The van der Waals surface area contributed by atoms with E-state index in [0.717, 1.165) is 10.5 Å². The molecule has 0 bridgehead atoms. The number of amides is 1. The second-order valence-electron chi connectivity index (χ2n) is 8.97. The van der Waals surface area contributed by atoms with Gasteiger partial charge in [0.1, 0.15) is 18.5 Å². The van der Waals surface area contributed by atoms with E-state index in [-0.39, 0.29) is 24.3 Å². The average molecular weight is 498 g/mol. The van der Waals surface area contributed by atoms with Gasteiger partial charge in [-0.15, -0.1) is 11.8 Å². The highest BCUT2D eigenvalue weighted by Gasteiger charge is 2.38. The molecule has 0 saturated heterocycles. The highest BCUT2D eigenvalue weighted by molar-refractivity contribution is 7.99. The quantitative estimate of drug-likeness (QED) is 0.356. The van der Waals surface area contributed by atoms with Gasteiger partial charge >= 0.3 is 5.97 Å². The second-order valence-corrected chi connectivity index (χ2v) is 10.0. The highest BCUT2D eigenvalue weighted by atomic mass is 32.2. The van der Waals surface area contributed by atoms with Crippen LogP contribution in [0.2, 0.25) is 0 Å². The predicted molar refractivity (Wildman–Crippen MR) is 123 cm³/mol. The molecule has 3 aliphatic heterocycles. The fraction of sp³-hybridized carbons (Fsp3) is 0.333. The number of fused-ring (bicyclic) bond motifs is 5. The van der Waals surface area contributed by atoms with E-state index < -0.39 is 41.5 Å². The molecule has 1 amide bonds. The van der Waals surface area contributed by atoms with Crippen molar-refractivity contribution < 1.29 is 28.9 Å². The Morgan fingerprint density at radius 2 is 2.11 bits per heavy atom. The summed E-state index contributed by atoms with van der Waals surface area (Å²) in [5.41, 5.74) is 3.07. The molecule has 6 rings (SSSR count). The topological polar surface area (TPSA) is 131 Å². The molecule has 3 aromatic rings. The first-order valence-electron chi connectivity index (χ1n) is 11.1. The number of ether oxygens (including phenoxy) is 1. The lowest BCUT2D eigenvalue weighted by Crippen LogP contribution is -2.38. The van der Waals surface area contributed by atoms with Gasteiger partial charge in [-0.2, -0.15) is 0 Å². The predicted octanol–water partition coefficient (Wildman–Crippen LogP) is 1.61. The monoisotopic (exact) mass is 497 g/mol. The lowest BCUT2D eigenvalue weighted by atomic mass is 9.93. The van der Waals surface area contributed by atoms with Crippen LogP contribution in [0.5, 0.6) is 0 Å². The van der Waals surface area contributed by atoms with Gasteiger partial charge in [-0.3, -0.25) is 9.59 Å². The van der Waals surface area contributed by atoms with Crippen LogP contribution < -0.4 is 10.9 Å². The van der Waals surface area contributed by atoms with E-state index in [1.165, 1.54) is 29.3 Å². The number of cyclic esters (lactones) is 1. The summed E-state index contributed by atoms with van der Waals surface area (Å²) in [7, 11) is 0. The molecule has 0 radical (unpaired) electrons. The first-order valence-corrected chi connectivity index (χ1v) is 12.0. The largest absolute Gasteiger partial charge is 0.458 e. The van der Waals surface area contributed by atoms with E-state index in [1.807, 2.05) is 0 Å². The van der Waals surface area contributed by atoms with Gasteiger partial charge in [0, 0.05) is 33.2 Å². The van der Waals surface area contributed by atoms with E-state index in [0.29, 0.717) is 39.2 Å². The van der Waals surface area contributed by atoms with Crippen molar-refractivity contribution >= 4 is 34.5 Å². The number of aliphatic hydroxyl groups is 2. The number of hydrogen-bond donors (Lipinski definition) is 3. The Kier molecular flexibility index (Phi) is 4.83. The third-order valence-corrected chi connectivity index (χ3v) is 8.17. The lowest BCUT2D eigenvalue weighted by Gasteiger charge is -2.29. The molecule has 0 aliphatic carbocycles. The summed E-state index contributed by atoms with van der Waals surface area (Å²) < 4.78 is 21.2. The SMILES string of the molecule is Cc1c(F)cc2nc3c(c4c2c1SCC4NC(=O)C(C)O)Cn1c-3cc2c(c1=O)COC(=O)C2O. The summed E-state index contributed by atoms with van der Waals surface area (Å²) in [5.74, 6) is -1.38. The molecule has 180 valence electrons. The highest BCUT2D eigenvalue weighted by Crippen LogP contribution is 2.48. The Hall–Kier alpha value is -3.28. The Balaban J connectivity index is 1.64. The molecule has 35 heavy (non-hydrogen) atoms. The van der Waals surface area contributed by atoms with Crippen LogP contribution >= 0.6 is 11.8 Å². The summed E-state index contributed by atoms with van der Waals surface area (Å²) >= 11 is 1.41. The fourth-order valence-corrected chi connectivity index (χ4v) is 6.33. The number of nitrogens with zero attached hydrogens (tertiary/aromatic N) is 2. The van der Waals surface area contributed by atoms with Crippen molar-refractivity contribution in [2.24, 2.45) is 0 Å². The van der Waals surface area contributed by atoms with Crippen LogP contribution in [0.4, 0.5) is 4.39 Å². The summed E-state index contributed by atoms with van der Waals surface area (Å²) in [6.07, 6.45) is -2.80. The maximum absolute atomic E-state index is 14.8. The Morgan fingerprint density at radius 3 is 2.86 bits per heavy atom. The molecule has 9 nitrogen and oxygen atoms in total. The minimum atomic E-state index is -1.58. The number of rotatable bonds is 2. The molecule has 0 fully saturated rings. The summed E-state index contributed by atoms with van der Waals surface area (Å²) in [6, 6.07) is 2.39. The van der Waals surface area contributed by atoms with Gasteiger partial charge in [-0.25, -0.2) is 14.2 Å². The van der Waals surface area contributed by atoms with Gasteiger partial charge in [-0.05, 0) is 31.0 Å². The maximum atomic E-state index is 14.8. The molecule has 5 heterocycles. The number of aliphatic hydroxyl groups excluding tert-OH is 2. The normalized spacial score (nSPS) is 20.7. The summed E-state index contributed by atoms with van der Waals surface area (Å²) in [4.78, 5) is 43.1. The number of carbonyl (C=O) groups excluding carboxylic acids is 2. The Labute approximate surface area is 201 Å². The number of aromatic nitrogens is 2. The second kappa shape index (κ2) is 7.61.